The molecule has 0 spiro atoms. The predicted octanol–water partition coefficient (Wildman–Crippen LogP) is 1.61. The fourth-order valence-electron chi connectivity index (χ4n) is 1.11. The van der Waals surface area contributed by atoms with Crippen molar-refractivity contribution < 1.29 is 4.79 Å². The fraction of sp³-hybridized carbons (Fsp3) is 0.111. The van der Waals surface area contributed by atoms with E-state index in [1.165, 1.54) is 6.92 Å². The lowest BCUT2D eigenvalue weighted by Crippen LogP contribution is -1.91. The molecule has 2 aromatic rings. The average molecular weight is 175 g/mol. The predicted molar refractivity (Wildman–Crippen MR) is 48.4 cm³/mol. The zero-order valence-electron chi connectivity index (χ0n) is 7.16. The Balaban J connectivity index is 2.39. The van der Waals surface area contributed by atoms with Crippen molar-refractivity contribution in [2.75, 3.05) is 0 Å². The molecule has 13 heavy (non-hydrogen) atoms. The zero-order valence-corrected chi connectivity index (χ0v) is 7.16. The van der Waals surface area contributed by atoms with E-state index in [0.29, 0.717) is 11.5 Å². The molecule has 66 valence electrons. The minimum Gasteiger partial charge on any atom is -0.359 e. The number of Topliss-reactive ketones (excluding diaryl/α,β-unsaturated/α-hetero) is 1. The van der Waals surface area contributed by atoms with Gasteiger partial charge in [0.15, 0.2) is 11.6 Å². The second-order valence-electron chi connectivity index (χ2n) is 2.79. The van der Waals surface area contributed by atoms with E-state index < -0.39 is 0 Å². The first kappa shape index (κ1) is 7.79. The molecule has 0 bridgehead atoms. The standard InChI is InChI=1S/C9H9N3O/c1-6(13)8-5-11-9(12-8)7-3-2-4-10-7/h2-5,10H,1H3,(H,11,12). The summed E-state index contributed by atoms with van der Waals surface area (Å²) in [6.07, 6.45) is 3.35. The highest BCUT2D eigenvalue weighted by molar-refractivity contribution is 5.92. The van der Waals surface area contributed by atoms with Crippen LogP contribution in [0.1, 0.15) is 17.4 Å². The Morgan fingerprint density at radius 2 is 2.38 bits per heavy atom. The number of nitrogens with one attached hydrogen (secondary N) is 2. The van der Waals surface area contributed by atoms with E-state index in [0.717, 1.165) is 5.69 Å². The molecule has 0 aliphatic heterocycles. The van der Waals surface area contributed by atoms with Gasteiger partial charge >= 0.3 is 0 Å². The second-order valence-corrected chi connectivity index (χ2v) is 2.79. The number of nitrogens with zero attached hydrogens (tertiary/aromatic N) is 1. The maximum absolute atomic E-state index is 10.9. The minimum atomic E-state index is -0.00898. The molecule has 2 heterocycles. The summed E-state index contributed by atoms with van der Waals surface area (Å²) in [6.45, 7) is 1.51. The molecule has 4 nitrogen and oxygen atoms in total. The zero-order chi connectivity index (χ0) is 9.26. The van der Waals surface area contributed by atoms with Crippen LogP contribution in [0, 0.1) is 0 Å². The van der Waals surface area contributed by atoms with Crippen LogP contribution in [0.3, 0.4) is 0 Å². The topological polar surface area (TPSA) is 61.5 Å². The van der Waals surface area contributed by atoms with Crippen LogP contribution in [0.4, 0.5) is 0 Å². The summed E-state index contributed by atoms with van der Waals surface area (Å²) in [5.41, 5.74) is 1.41. The molecule has 2 aromatic heterocycles. The molecule has 4 heteroatoms. The molecule has 0 unspecified atom stereocenters. The quantitative estimate of drug-likeness (QED) is 0.681. The Morgan fingerprint density at radius 1 is 1.54 bits per heavy atom. The van der Waals surface area contributed by atoms with Gasteiger partial charge in [-0.1, -0.05) is 0 Å². The van der Waals surface area contributed by atoms with Crippen molar-refractivity contribution in [1.82, 2.24) is 15.0 Å². The van der Waals surface area contributed by atoms with Crippen LogP contribution in [-0.4, -0.2) is 20.7 Å². The number of aromatic nitrogens is 3. The van der Waals surface area contributed by atoms with Gasteiger partial charge in [0.05, 0.1) is 11.9 Å². The summed E-state index contributed by atoms with van der Waals surface area (Å²) in [6, 6.07) is 3.77. The Hall–Kier alpha value is -1.84. The number of carbonyl (C=O) groups excluding carboxylic acids is 1. The number of H-pyrrole nitrogens is 2. The Morgan fingerprint density at radius 3 is 2.92 bits per heavy atom. The van der Waals surface area contributed by atoms with Crippen LogP contribution < -0.4 is 0 Å². The lowest BCUT2D eigenvalue weighted by molar-refractivity contribution is 0.101. The Labute approximate surface area is 75.0 Å². The summed E-state index contributed by atoms with van der Waals surface area (Å²) in [5.74, 6) is 0.681. The highest BCUT2D eigenvalue weighted by atomic mass is 16.1. The second kappa shape index (κ2) is 2.90. The third-order valence-electron chi connectivity index (χ3n) is 1.81. The van der Waals surface area contributed by atoms with Crippen LogP contribution in [0.5, 0.6) is 0 Å². The monoisotopic (exact) mass is 175 g/mol. The van der Waals surface area contributed by atoms with Crippen LogP contribution in [0.25, 0.3) is 11.5 Å². The van der Waals surface area contributed by atoms with Crippen molar-refractivity contribution in [1.29, 1.82) is 0 Å². The van der Waals surface area contributed by atoms with Crippen molar-refractivity contribution in [3.8, 4) is 11.5 Å². The summed E-state index contributed by atoms with van der Waals surface area (Å²) >= 11 is 0. The van der Waals surface area contributed by atoms with Gasteiger partial charge in [-0.05, 0) is 12.1 Å². The van der Waals surface area contributed by atoms with Crippen LogP contribution >= 0.6 is 0 Å². The van der Waals surface area contributed by atoms with Gasteiger partial charge < -0.3 is 9.97 Å². The molecule has 0 aromatic carbocycles. The summed E-state index contributed by atoms with van der Waals surface area (Å²) < 4.78 is 0. The van der Waals surface area contributed by atoms with E-state index in [1.807, 2.05) is 18.3 Å². The summed E-state index contributed by atoms with van der Waals surface area (Å²) in [5, 5.41) is 0. The lowest BCUT2D eigenvalue weighted by Gasteiger charge is -1.89. The van der Waals surface area contributed by atoms with Gasteiger partial charge in [0.25, 0.3) is 0 Å². The number of imidazole rings is 1. The van der Waals surface area contributed by atoms with Crippen molar-refractivity contribution in [3.05, 3.63) is 30.2 Å². The average Bonchev–Trinajstić information content (AvgIpc) is 2.75. The molecule has 2 rings (SSSR count). The molecular formula is C9H9N3O. The Bertz CT molecular complexity index is 414. The van der Waals surface area contributed by atoms with Crippen molar-refractivity contribution in [2.45, 2.75) is 6.92 Å². The van der Waals surface area contributed by atoms with Gasteiger partial charge in [-0.15, -0.1) is 0 Å². The highest BCUT2D eigenvalue weighted by Gasteiger charge is 2.05. The van der Waals surface area contributed by atoms with Gasteiger partial charge in [0, 0.05) is 13.1 Å². The molecule has 0 atom stereocenters. The van der Waals surface area contributed by atoms with Crippen molar-refractivity contribution >= 4 is 5.78 Å². The first-order valence-electron chi connectivity index (χ1n) is 3.97. The van der Waals surface area contributed by atoms with E-state index >= 15 is 0 Å². The molecular weight excluding hydrogens is 166 g/mol. The highest BCUT2D eigenvalue weighted by Crippen LogP contribution is 2.12. The van der Waals surface area contributed by atoms with Gasteiger partial charge in [0.1, 0.15) is 5.69 Å². The number of hydrogen-bond donors (Lipinski definition) is 2. The fourth-order valence-corrected chi connectivity index (χ4v) is 1.11. The largest absolute Gasteiger partial charge is 0.359 e. The van der Waals surface area contributed by atoms with Crippen molar-refractivity contribution in [3.63, 3.8) is 0 Å². The first-order chi connectivity index (χ1) is 6.27. The molecule has 0 radical (unpaired) electrons. The van der Waals surface area contributed by atoms with E-state index in [2.05, 4.69) is 15.0 Å². The minimum absolute atomic E-state index is 0.00898. The molecule has 0 fully saturated rings. The molecule has 0 aliphatic carbocycles. The van der Waals surface area contributed by atoms with Crippen LogP contribution in [-0.2, 0) is 0 Å². The number of carbonyl (C=O) groups is 1. The molecule has 0 saturated carbocycles. The number of ketones is 1. The first-order valence-corrected chi connectivity index (χ1v) is 3.97. The van der Waals surface area contributed by atoms with Gasteiger partial charge in [-0.2, -0.15) is 0 Å². The third kappa shape index (κ3) is 1.38. The SMILES string of the molecule is CC(=O)c1cnc(-c2ccc[nH]2)[nH]1. The van der Waals surface area contributed by atoms with E-state index in [9.17, 15) is 4.79 Å². The Kier molecular flexibility index (Phi) is 1.73. The van der Waals surface area contributed by atoms with E-state index in [-0.39, 0.29) is 5.78 Å². The van der Waals surface area contributed by atoms with Crippen LogP contribution in [0.2, 0.25) is 0 Å². The molecule has 0 amide bonds. The number of hydrogen-bond acceptors (Lipinski definition) is 2. The smallest absolute Gasteiger partial charge is 0.177 e. The van der Waals surface area contributed by atoms with E-state index in [1.54, 1.807) is 6.20 Å². The van der Waals surface area contributed by atoms with Gasteiger partial charge in [-0.3, -0.25) is 4.79 Å². The maximum atomic E-state index is 10.9. The normalized spacial score (nSPS) is 10.2. The third-order valence-corrected chi connectivity index (χ3v) is 1.81. The van der Waals surface area contributed by atoms with Crippen molar-refractivity contribution in [2.24, 2.45) is 0 Å². The summed E-state index contributed by atoms with van der Waals surface area (Å²) in [7, 11) is 0. The van der Waals surface area contributed by atoms with E-state index in [4.69, 9.17) is 0 Å². The summed E-state index contributed by atoms with van der Waals surface area (Å²) in [4.78, 5) is 20.9. The lowest BCUT2D eigenvalue weighted by atomic mass is 10.3. The van der Waals surface area contributed by atoms with Gasteiger partial charge in [0.2, 0.25) is 0 Å². The maximum Gasteiger partial charge on any atom is 0.177 e. The molecule has 0 saturated heterocycles. The number of rotatable bonds is 2. The molecule has 2 N–H and O–H groups in total. The molecule has 0 aliphatic rings. The van der Waals surface area contributed by atoms with Gasteiger partial charge in [-0.25, -0.2) is 4.98 Å². The van der Waals surface area contributed by atoms with Crippen LogP contribution in [0.15, 0.2) is 24.5 Å². The number of aromatic amines is 2.